The molecule has 0 radical (unpaired) electrons. The van der Waals surface area contributed by atoms with E-state index in [1.807, 2.05) is 28.8 Å². The highest BCUT2D eigenvalue weighted by molar-refractivity contribution is 7.13. The number of carbonyl (C=O) groups excluding carboxylic acids is 4. The van der Waals surface area contributed by atoms with Gasteiger partial charge in [0.2, 0.25) is 17.8 Å². The molecular formula is C40H37F2N9O4S. The largest absolute Gasteiger partial charge is 0.369 e. The number of nitrogens with zero attached hydrogens (tertiary/aromatic N) is 7. The first-order chi connectivity index (χ1) is 27.2. The molecule has 0 aliphatic carbocycles. The van der Waals surface area contributed by atoms with Crippen molar-refractivity contribution in [3.63, 3.8) is 0 Å². The van der Waals surface area contributed by atoms with Gasteiger partial charge in [0.25, 0.3) is 11.8 Å². The number of imide groups is 1. The smallest absolute Gasteiger partial charge is 0.255 e. The SMILES string of the molecule is O=C1CCC(c2cnc(F)c(CN3CCN(c4ccc(-c5cc(F)c6c(c5)C(=O)N(C(C(=O)Nc5nccs5)c5ncn7c5CCC7)C6)cc4)CC3)c2)C(=O)N1. The lowest BCUT2D eigenvalue weighted by Crippen LogP contribution is -2.46. The highest BCUT2D eigenvalue weighted by atomic mass is 32.1. The standard InChI is InChI=1S/C40H37F2N9O4S/c41-31-18-24(17-29-30(31)21-51(39(29)55)35(38(54)47-40-43-9-15-56-40)34-32-2-1-10-50(32)22-45-34)23-3-5-27(6-4-23)49-13-11-48(12-14-49)20-26-16-25(19-44-36(26)42)28-7-8-33(52)46-37(28)53/h3-6,9,15-19,22,28,35H,1-2,7-8,10-14,20-21H2,(H,43,47,54)(H,46,52,53). The minimum Gasteiger partial charge on any atom is -0.369 e. The number of aromatic nitrogens is 4. The Hall–Kier alpha value is -5.87. The van der Waals surface area contributed by atoms with Crippen LogP contribution < -0.4 is 15.5 Å². The lowest BCUT2D eigenvalue weighted by molar-refractivity contribution is -0.134. The number of piperazine rings is 1. The number of aryl methyl sites for hydroxylation is 1. The van der Waals surface area contributed by atoms with E-state index in [1.54, 1.807) is 30.0 Å². The van der Waals surface area contributed by atoms with Crippen LogP contribution in [0.1, 0.15) is 69.7 Å². The molecule has 56 heavy (non-hydrogen) atoms. The third kappa shape index (κ3) is 6.72. The van der Waals surface area contributed by atoms with Crippen molar-refractivity contribution in [2.24, 2.45) is 0 Å². The van der Waals surface area contributed by atoms with Crippen molar-refractivity contribution in [3.8, 4) is 11.1 Å². The quantitative estimate of drug-likeness (QED) is 0.159. The number of fused-ring (bicyclic) bond motifs is 2. The Labute approximate surface area is 324 Å². The van der Waals surface area contributed by atoms with Crippen LogP contribution >= 0.6 is 11.3 Å². The summed E-state index contributed by atoms with van der Waals surface area (Å²) < 4.78 is 32.6. The van der Waals surface area contributed by atoms with Gasteiger partial charge in [-0.05, 0) is 66.3 Å². The fourth-order valence-corrected chi connectivity index (χ4v) is 8.79. The zero-order chi connectivity index (χ0) is 38.5. The average Bonchev–Trinajstić information content (AvgIpc) is 4.01. The lowest BCUT2D eigenvalue weighted by atomic mass is 9.91. The van der Waals surface area contributed by atoms with Crippen LogP contribution in [0.3, 0.4) is 0 Å². The summed E-state index contributed by atoms with van der Waals surface area (Å²) in [7, 11) is 0. The van der Waals surface area contributed by atoms with Crippen LogP contribution in [0.25, 0.3) is 11.1 Å². The summed E-state index contributed by atoms with van der Waals surface area (Å²) in [5.41, 5.74) is 5.15. The number of benzene rings is 2. The molecule has 2 atom stereocenters. The molecule has 2 saturated heterocycles. The van der Waals surface area contributed by atoms with Crippen molar-refractivity contribution in [2.75, 3.05) is 36.4 Å². The maximum absolute atomic E-state index is 15.9. The molecular weight excluding hydrogens is 741 g/mol. The van der Waals surface area contributed by atoms with Crippen molar-refractivity contribution < 1.29 is 28.0 Å². The number of anilines is 2. The van der Waals surface area contributed by atoms with Crippen molar-refractivity contribution in [3.05, 3.63) is 112 Å². The predicted octanol–water partition coefficient (Wildman–Crippen LogP) is 4.80. The molecule has 2 unspecified atom stereocenters. The topological polar surface area (TPSA) is 146 Å². The molecule has 4 amide bonds. The molecule has 5 aromatic rings. The van der Waals surface area contributed by atoms with E-state index in [2.05, 4.69) is 35.4 Å². The second-order valence-corrected chi connectivity index (χ2v) is 15.4. The van der Waals surface area contributed by atoms with E-state index in [0.717, 1.165) is 36.3 Å². The Kier molecular flexibility index (Phi) is 9.37. The van der Waals surface area contributed by atoms with E-state index < -0.39 is 35.5 Å². The van der Waals surface area contributed by atoms with E-state index in [9.17, 15) is 23.6 Å². The van der Waals surface area contributed by atoms with Gasteiger partial charge in [-0.3, -0.25) is 34.7 Å². The second-order valence-electron chi connectivity index (χ2n) is 14.6. The number of amides is 4. The highest BCUT2D eigenvalue weighted by Gasteiger charge is 2.42. The molecule has 0 bridgehead atoms. The summed E-state index contributed by atoms with van der Waals surface area (Å²) >= 11 is 1.27. The molecule has 2 N–H and O–H groups in total. The minimum absolute atomic E-state index is 0.0676. The van der Waals surface area contributed by atoms with E-state index in [1.165, 1.54) is 28.5 Å². The summed E-state index contributed by atoms with van der Waals surface area (Å²) in [5, 5.41) is 7.33. The summed E-state index contributed by atoms with van der Waals surface area (Å²) in [6.07, 6.45) is 6.91. The Morgan fingerprint density at radius 2 is 1.79 bits per heavy atom. The van der Waals surface area contributed by atoms with Gasteiger partial charge in [0.05, 0.1) is 24.5 Å². The normalized spacial score (nSPS) is 18.9. The van der Waals surface area contributed by atoms with Crippen LogP contribution in [-0.4, -0.2) is 79.1 Å². The number of piperidine rings is 1. The fourth-order valence-electron chi connectivity index (χ4n) is 8.26. The maximum atomic E-state index is 15.9. The molecule has 7 heterocycles. The molecule has 9 rings (SSSR count). The molecule has 2 aromatic carbocycles. The van der Waals surface area contributed by atoms with Crippen molar-refractivity contribution in [1.29, 1.82) is 0 Å². The maximum Gasteiger partial charge on any atom is 0.255 e. The first-order valence-corrected chi connectivity index (χ1v) is 19.5. The number of pyridine rings is 1. The van der Waals surface area contributed by atoms with E-state index in [-0.39, 0.29) is 35.9 Å². The molecule has 2 fully saturated rings. The number of rotatable bonds is 9. The first kappa shape index (κ1) is 35.8. The van der Waals surface area contributed by atoms with Crippen molar-refractivity contribution in [1.82, 2.24) is 34.6 Å². The number of hydrogen-bond acceptors (Lipinski definition) is 10. The second kappa shape index (κ2) is 14.7. The van der Waals surface area contributed by atoms with Crippen LogP contribution in [0.4, 0.5) is 19.6 Å². The van der Waals surface area contributed by atoms with Gasteiger partial charge in [-0.2, -0.15) is 4.39 Å². The number of halogens is 2. The Morgan fingerprint density at radius 1 is 0.964 bits per heavy atom. The van der Waals surface area contributed by atoms with Gasteiger partial charge in [-0.25, -0.2) is 19.3 Å². The van der Waals surface area contributed by atoms with E-state index >= 15 is 4.39 Å². The number of carbonyl (C=O) groups is 4. The van der Waals surface area contributed by atoms with E-state index in [0.29, 0.717) is 66.7 Å². The van der Waals surface area contributed by atoms with Gasteiger partial charge in [0, 0.05) is 91.5 Å². The van der Waals surface area contributed by atoms with Crippen molar-refractivity contribution in [2.45, 2.75) is 57.3 Å². The van der Waals surface area contributed by atoms with Gasteiger partial charge in [-0.15, -0.1) is 11.3 Å². The molecule has 4 aliphatic heterocycles. The van der Waals surface area contributed by atoms with Crippen LogP contribution in [0.5, 0.6) is 0 Å². The molecule has 0 spiro atoms. The monoisotopic (exact) mass is 777 g/mol. The Morgan fingerprint density at radius 3 is 2.55 bits per heavy atom. The summed E-state index contributed by atoms with van der Waals surface area (Å²) in [6.45, 7) is 3.78. The predicted molar refractivity (Wildman–Crippen MR) is 203 cm³/mol. The molecule has 0 saturated carbocycles. The van der Waals surface area contributed by atoms with Gasteiger partial charge in [-0.1, -0.05) is 12.1 Å². The lowest BCUT2D eigenvalue weighted by Gasteiger charge is -2.36. The summed E-state index contributed by atoms with van der Waals surface area (Å²) in [5.74, 6) is -3.19. The first-order valence-electron chi connectivity index (χ1n) is 18.6. The van der Waals surface area contributed by atoms with Crippen molar-refractivity contribution >= 4 is 45.8 Å². The minimum atomic E-state index is -1.06. The Balaban J connectivity index is 0.876. The molecule has 16 heteroatoms. The molecule has 13 nitrogen and oxygen atoms in total. The fraction of sp³-hybridized carbons (Fsp3) is 0.325. The number of thiazole rings is 1. The third-order valence-corrected chi connectivity index (χ3v) is 11.9. The molecule has 286 valence electrons. The third-order valence-electron chi connectivity index (χ3n) is 11.2. The van der Waals surface area contributed by atoms with Crippen LogP contribution in [-0.2, 0) is 40.4 Å². The number of imidazole rings is 1. The van der Waals surface area contributed by atoms with Gasteiger partial charge in [0.15, 0.2) is 11.2 Å². The van der Waals surface area contributed by atoms with E-state index in [4.69, 9.17) is 0 Å². The zero-order valence-electron chi connectivity index (χ0n) is 30.2. The van der Waals surface area contributed by atoms with Crippen LogP contribution in [0.2, 0.25) is 0 Å². The van der Waals surface area contributed by atoms with Gasteiger partial charge < -0.3 is 14.4 Å². The average molecular weight is 778 g/mol. The molecule has 4 aliphatic rings. The highest BCUT2D eigenvalue weighted by Crippen LogP contribution is 2.38. The number of hydrogen-bond donors (Lipinski definition) is 2. The van der Waals surface area contributed by atoms with Crippen LogP contribution in [0, 0.1) is 11.8 Å². The number of nitrogens with one attached hydrogen (secondary N) is 2. The summed E-state index contributed by atoms with van der Waals surface area (Å²) in [6, 6.07) is 11.5. The molecule has 3 aromatic heterocycles. The van der Waals surface area contributed by atoms with Gasteiger partial charge in [0.1, 0.15) is 5.82 Å². The zero-order valence-corrected chi connectivity index (χ0v) is 31.0. The van der Waals surface area contributed by atoms with Crippen LogP contribution in [0.15, 0.2) is 66.6 Å². The Bertz CT molecular complexity index is 2360. The summed E-state index contributed by atoms with van der Waals surface area (Å²) in [4.78, 5) is 70.3. The van der Waals surface area contributed by atoms with Gasteiger partial charge >= 0.3 is 0 Å².